The maximum absolute atomic E-state index is 8.25. The van der Waals surface area contributed by atoms with E-state index in [9.17, 15) is 0 Å². The molecule has 0 aliphatic carbocycles. The number of nitrogens with zero attached hydrogens (tertiary/aromatic N) is 1. The van der Waals surface area contributed by atoms with Crippen molar-refractivity contribution in [2.24, 2.45) is 0 Å². The van der Waals surface area contributed by atoms with E-state index in [1.165, 1.54) is 0 Å². The van der Waals surface area contributed by atoms with Gasteiger partial charge >= 0.3 is 0 Å². The zero-order chi connectivity index (χ0) is 8.81. The molecule has 0 radical (unpaired) electrons. The fourth-order valence-corrected chi connectivity index (χ4v) is 0.991. The summed E-state index contributed by atoms with van der Waals surface area (Å²) in [4.78, 5) is 0. The SMILES string of the molecule is Cl.N#CCNCc1ccc(Cl)cc1. The van der Waals surface area contributed by atoms with Crippen molar-refractivity contribution < 1.29 is 0 Å². The molecule has 0 aromatic heterocycles. The molecule has 13 heavy (non-hydrogen) atoms. The summed E-state index contributed by atoms with van der Waals surface area (Å²) in [5, 5.41) is 12.0. The predicted octanol–water partition coefficient (Wildman–Crippen LogP) is 2.37. The van der Waals surface area contributed by atoms with Gasteiger partial charge in [0.1, 0.15) is 0 Å². The molecular formula is C9H10Cl2N2. The molecule has 70 valence electrons. The Labute approximate surface area is 88.9 Å². The Bertz CT molecular complexity index is 277. The molecule has 1 N–H and O–H groups in total. The summed E-state index contributed by atoms with van der Waals surface area (Å²) in [7, 11) is 0. The van der Waals surface area contributed by atoms with Gasteiger partial charge in [0, 0.05) is 11.6 Å². The Kier molecular flexibility index (Phi) is 6.34. The Balaban J connectivity index is 0.00000144. The molecule has 4 heteroatoms. The van der Waals surface area contributed by atoms with Crippen LogP contribution in [0.4, 0.5) is 0 Å². The van der Waals surface area contributed by atoms with Crippen molar-refractivity contribution in [3.05, 3.63) is 34.9 Å². The van der Waals surface area contributed by atoms with Crippen molar-refractivity contribution in [2.45, 2.75) is 6.54 Å². The summed E-state index contributed by atoms with van der Waals surface area (Å²) in [5.74, 6) is 0. The van der Waals surface area contributed by atoms with Gasteiger partial charge in [-0.1, -0.05) is 23.7 Å². The number of hydrogen-bond donors (Lipinski definition) is 1. The van der Waals surface area contributed by atoms with Crippen LogP contribution in [0.1, 0.15) is 5.56 Å². The number of nitriles is 1. The highest BCUT2D eigenvalue weighted by Crippen LogP contribution is 2.08. The van der Waals surface area contributed by atoms with Crippen LogP contribution in [0.25, 0.3) is 0 Å². The van der Waals surface area contributed by atoms with Gasteiger partial charge in [0.05, 0.1) is 12.6 Å². The van der Waals surface area contributed by atoms with Gasteiger partial charge in [0.15, 0.2) is 0 Å². The minimum Gasteiger partial charge on any atom is -0.300 e. The Hall–Kier alpha value is -0.750. The molecule has 0 amide bonds. The second-order valence-corrected chi connectivity index (χ2v) is 2.82. The molecule has 1 rings (SSSR count). The van der Waals surface area contributed by atoms with Crippen molar-refractivity contribution >= 4 is 24.0 Å². The lowest BCUT2D eigenvalue weighted by Crippen LogP contribution is -2.12. The number of benzene rings is 1. The number of halogens is 2. The summed E-state index contributed by atoms with van der Waals surface area (Å²) < 4.78 is 0. The lowest BCUT2D eigenvalue weighted by Gasteiger charge is -1.99. The molecule has 1 aromatic carbocycles. The average Bonchev–Trinajstić information content (AvgIpc) is 2.09. The lowest BCUT2D eigenvalue weighted by molar-refractivity contribution is 0.765. The first-order valence-corrected chi connectivity index (χ1v) is 4.03. The zero-order valence-corrected chi connectivity index (χ0v) is 8.53. The van der Waals surface area contributed by atoms with Crippen LogP contribution in [0, 0.1) is 11.3 Å². The first-order valence-electron chi connectivity index (χ1n) is 3.65. The van der Waals surface area contributed by atoms with Crippen molar-refractivity contribution in [3.63, 3.8) is 0 Å². The highest BCUT2D eigenvalue weighted by atomic mass is 35.5. The summed E-state index contributed by atoms with van der Waals surface area (Å²) in [6.07, 6.45) is 0. The second-order valence-electron chi connectivity index (χ2n) is 2.39. The average molecular weight is 217 g/mol. The highest BCUT2D eigenvalue weighted by Gasteiger charge is 1.91. The molecule has 0 unspecified atom stereocenters. The Morgan fingerprint density at radius 3 is 2.46 bits per heavy atom. The van der Waals surface area contributed by atoms with Crippen molar-refractivity contribution in [3.8, 4) is 6.07 Å². The van der Waals surface area contributed by atoms with Gasteiger partial charge in [-0.3, -0.25) is 0 Å². The summed E-state index contributed by atoms with van der Waals surface area (Å²) in [6.45, 7) is 1.09. The fraction of sp³-hybridized carbons (Fsp3) is 0.222. The number of hydrogen-bond acceptors (Lipinski definition) is 2. The predicted molar refractivity (Wildman–Crippen MR) is 56.0 cm³/mol. The topological polar surface area (TPSA) is 35.8 Å². The van der Waals surface area contributed by atoms with Crippen molar-refractivity contribution in [2.75, 3.05) is 6.54 Å². The van der Waals surface area contributed by atoms with Crippen LogP contribution in [0.2, 0.25) is 5.02 Å². The minimum atomic E-state index is 0. The molecule has 0 bridgehead atoms. The van der Waals surface area contributed by atoms with Crippen LogP contribution in [-0.4, -0.2) is 6.54 Å². The van der Waals surface area contributed by atoms with Gasteiger partial charge in [-0.25, -0.2) is 0 Å². The summed E-state index contributed by atoms with van der Waals surface area (Å²) >= 11 is 5.70. The van der Waals surface area contributed by atoms with Gasteiger partial charge in [-0.2, -0.15) is 5.26 Å². The normalized spacial score (nSPS) is 8.62. The van der Waals surface area contributed by atoms with E-state index in [0.29, 0.717) is 13.1 Å². The zero-order valence-electron chi connectivity index (χ0n) is 6.96. The second kappa shape index (κ2) is 6.73. The van der Waals surface area contributed by atoms with Crippen molar-refractivity contribution in [1.29, 1.82) is 5.26 Å². The molecule has 0 heterocycles. The van der Waals surface area contributed by atoms with Crippen LogP contribution in [0.5, 0.6) is 0 Å². The third-order valence-electron chi connectivity index (χ3n) is 1.45. The third kappa shape index (κ3) is 4.74. The number of rotatable bonds is 3. The van der Waals surface area contributed by atoms with Crippen LogP contribution >= 0.6 is 24.0 Å². The Morgan fingerprint density at radius 1 is 1.31 bits per heavy atom. The smallest absolute Gasteiger partial charge is 0.0843 e. The Morgan fingerprint density at radius 2 is 1.92 bits per heavy atom. The maximum Gasteiger partial charge on any atom is 0.0843 e. The van der Waals surface area contributed by atoms with Crippen LogP contribution in [0.3, 0.4) is 0 Å². The van der Waals surface area contributed by atoms with E-state index in [1.54, 1.807) is 0 Å². The maximum atomic E-state index is 8.25. The lowest BCUT2D eigenvalue weighted by atomic mass is 10.2. The molecule has 0 aliphatic rings. The molecule has 0 saturated carbocycles. The van der Waals surface area contributed by atoms with Gasteiger partial charge in [0.25, 0.3) is 0 Å². The van der Waals surface area contributed by atoms with Gasteiger partial charge in [-0.15, -0.1) is 12.4 Å². The van der Waals surface area contributed by atoms with E-state index in [2.05, 4.69) is 5.32 Å². The monoisotopic (exact) mass is 216 g/mol. The molecule has 2 nitrogen and oxygen atoms in total. The molecular weight excluding hydrogens is 207 g/mol. The molecule has 1 aromatic rings. The van der Waals surface area contributed by atoms with E-state index < -0.39 is 0 Å². The number of nitrogens with one attached hydrogen (secondary N) is 1. The summed E-state index contributed by atoms with van der Waals surface area (Å²) in [6, 6.07) is 9.56. The van der Waals surface area contributed by atoms with E-state index in [-0.39, 0.29) is 12.4 Å². The van der Waals surface area contributed by atoms with E-state index in [4.69, 9.17) is 16.9 Å². The molecule has 0 fully saturated rings. The van der Waals surface area contributed by atoms with Crippen LogP contribution < -0.4 is 5.32 Å². The largest absolute Gasteiger partial charge is 0.300 e. The van der Waals surface area contributed by atoms with Gasteiger partial charge in [-0.05, 0) is 17.7 Å². The van der Waals surface area contributed by atoms with Crippen LogP contribution in [-0.2, 0) is 6.54 Å². The van der Waals surface area contributed by atoms with Crippen LogP contribution in [0.15, 0.2) is 24.3 Å². The quantitative estimate of drug-likeness (QED) is 0.623. The van der Waals surface area contributed by atoms with E-state index in [1.807, 2.05) is 30.3 Å². The molecule has 0 atom stereocenters. The first kappa shape index (κ1) is 12.2. The third-order valence-corrected chi connectivity index (χ3v) is 1.70. The van der Waals surface area contributed by atoms with E-state index >= 15 is 0 Å². The molecule has 0 saturated heterocycles. The fourth-order valence-electron chi connectivity index (χ4n) is 0.865. The molecule has 0 spiro atoms. The minimum absolute atomic E-state index is 0. The highest BCUT2D eigenvalue weighted by molar-refractivity contribution is 6.30. The van der Waals surface area contributed by atoms with E-state index in [0.717, 1.165) is 10.6 Å². The summed E-state index contributed by atoms with van der Waals surface area (Å²) in [5.41, 5.74) is 1.13. The van der Waals surface area contributed by atoms with Crippen molar-refractivity contribution in [1.82, 2.24) is 5.32 Å². The standard InChI is InChI=1S/C9H9ClN2.ClH/c10-9-3-1-8(2-4-9)7-12-6-5-11;/h1-4,12H,6-7H2;1H. The first-order chi connectivity index (χ1) is 5.83. The van der Waals surface area contributed by atoms with Gasteiger partial charge < -0.3 is 5.32 Å². The molecule has 0 aliphatic heterocycles. The van der Waals surface area contributed by atoms with Gasteiger partial charge in [0.2, 0.25) is 0 Å².